The molecule has 0 aliphatic heterocycles. The number of hydrogen-bond acceptors (Lipinski definition) is 3. The molecule has 0 saturated heterocycles. The maximum Gasteiger partial charge on any atom is 0.0991 e. The van der Waals surface area contributed by atoms with Crippen LogP contribution >= 0.6 is 11.8 Å². The monoisotopic (exact) mass is 310 g/mol. The molecule has 1 unspecified atom stereocenters. The highest BCUT2D eigenvalue weighted by Crippen LogP contribution is 2.24. The Morgan fingerprint density at radius 3 is 2.45 bits per heavy atom. The van der Waals surface area contributed by atoms with E-state index in [4.69, 9.17) is 5.26 Å². The highest BCUT2D eigenvalue weighted by atomic mass is 32.2. The third kappa shape index (κ3) is 4.91. The predicted octanol–water partition coefficient (Wildman–Crippen LogP) is 4.91. The van der Waals surface area contributed by atoms with Crippen LogP contribution in [0.4, 0.5) is 0 Å². The Kier molecular flexibility index (Phi) is 6.06. The van der Waals surface area contributed by atoms with Gasteiger partial charge in [0.05, 0.1) is 11.6 Å². The zero-order valence-corrected chi connectivity index (χ0v) is 14.2. The van der Waals surface area contributed by atoms with Gasteiger partial charge in [-0.3, -0.25) is 0 Å². The Labute approximate surface area is 137 Å². The summed E-state index contributed by atoms with van der Waals surface area (Å²) in [5, 5.41) is 13.0. The number of nitrogens with one attached hydrogen (secondary N) is 1. The molecule has 0 aliphatic carbocycles. The third-order valence-electron chi connectivity index (χ3n) is 3.42. The van der Waals surface area contributed by atoms with Gasteiger partial charge in [0, 0.05) is 22.7 Å². The lowest BCUT2D eigenvalue weighted by atomic mass is 10.1. The topological polar surface area (TPSA) is 35.8 Å². The van der Waals surface area contributed by atoms with Crippen molar-refractivity contribution in [1.29, 1.82) is 5.26 Å². The van der Waals surface area contributed by atoms with E-state index in [0.29, 0.717) is 10.8 Å². The van der Waals surface area contributed by atoms with Crippen LogP contribution in [0.1, 0.15) is 43.5 Å². The van der Waals surface area contributed by atoms with Crippen LogP contribution in [0.5, 0.6) is 0 Å². The summed E-state index contributed by atoms with van der Waals surface area (Å²) in [5.74, 6) is 0. The molecule has 3 heteroatoms. The van der Waals surface area contributed by atoms with E-state index in [9.17, 15) is 0 Å². The average molecular weight is 310 g/mol. The van der Waals surface area contributed by atoms with Gasteiger partial charge in [-0.1, -0.05) is 38.1 Å². The summed E-state index contributed by atoms with van der Waals surface area (Å²) in [6.45, 7) is 7.34. The lowest BCUT2D eigenvalue weighted by Gasteiger charge is -2.15. The van der Waals surface area contributed by atoms with Gasteiger partial charge in [-0.25, -0.2) is 0 Å². The first kappa shape index (κ1) is 16.6. The molecule has 0 radical (unpaired) electrons. The fourth-order valence-electron chi connectivity index (χ4n) is 2.25. The average Bonchev–Trinajstić information content (AvgIpc) is 2.53. The number of nitrogens with zero attached hydrogens (tertiary/aromatic N) is 1. The Bertz CT molecular complexity index is 641. The molecule has 2 aromatic carbocycles. The molecule has 0 amide bonds. The number of benzene rings is 2. The van der Waals surface area contributed by atoms with Crippen LogP contribution in [0.3, 0.4) is 0 Å². The van der Waals surface area contributed by atoms with Crippen LogP contribution in [0.2, 0.25) is 0 Å². The van der Waals surface area contributed by atoms with E-state index < -0.39 is 0 Å². The Morgan fingerprint density at radius 1 is 1.09 bits per heavy atom. The van der Waals surface area contributed by atoms with E-state index in [-0.39, 0.29) is 6.04 Å². The summed E-state index contributed by atoms with van der Waals surface area (Å²) >= 11 is 1.88. The summed E-state index contributed by atoms with van der Waals surface area (Å²) in [6, 6.07) is 19.0. The molecular formula is C19H22N2S. The molecule has 2 aromatic rings. The molecule has 0 bridgehead atoms. The van der Waals surface area contributed by atoms with Crippen molar-refractivity contribution in [3.05, 3.63) is 65.2 Å². The van der Waals surface area contributed by atoms with E-state index >= 15 is 0 Å². The Hall–Kier alpha value is -1.76. The van der Waals surface area contributed by atoms with Crippen molar-refractivity contribution in [2.75, 3.05) is 0 Å². The minimum Gasteiger partial charge on any atom is -0.306 e. The molecule has 0 saturated carbocycles. The summed E-state index contributed by atoms with van der Waals surface area (Å²) in [7, 11) is 0. The molecular weight excluding hydrogens is 288 g/mol. The van der Waals surface area contributed by atoms with Crippen molar-refractivity contribution in [2.45, 2.75) is 43.5 Å². The van der Waals surface area contributed by atoms with Crippen molar-refractivity contribution >= 4 is 11.8 Å². The van der Waals surface area contributed by atoms with Gasteiger partial charge in [-0.2, -0.15) is 5.26 Å². The zero-order chi connectivity index (χ0) is 15.9. The van der Waals surface area contributed by atoms with E-state index in [1.54, 1.807) is 0 Å². The minimum absolute atomic E-state index is 0.281. The first-order chi connectivity index (χ1) is 10.6. The molecule has 2 rings (SSSR count). The quantitative estimate of drug-likeness (QED) is 0.770. The fourth-order valence-corrected chi connectivity index (χ4v) is 3.08. The van der Waals surface area contributed by atoms with Crippen LogP contribution in [0, 0.1) is 11.3 Å². The number of hydrogen-bond donors (Lipinski definition) is 1. The van der Waals surface area contributed by atoms with Gasteiger partial charge in [-0.05, 0) is 42.3 Å². The fraction of sp³-hybridized carbons (Fsp3) is 0.316. The van der Waals surface area contributed by atoms with E-state index in [1.165, 1.54) is 10.5 Å². The first-order valence-electron chi connectivity index (χ1n) is 7.57. The molecule has 2 nitrogen and oxygen atoms in total. The Morgan fingerprint density at radius 2 is 1.82 bits per heavy atom. The lowest BCUT2D eigenvalue weighted by Crippen LogP contribution is -2.18. The lowest BCUT2D eigenvalue weighted by molar-refractivity contribution is 0.574. The van der Waals surface area contributed by atoms with Crippen LogP contribution in [0.25, 0.3) is 0 Å². The zero-order valence-electron chi connectivity index (χ0n) is 13.3. The molecule has 0 aliphatic rings. The molecule has 0 fully saturated rings. The number of nitriles is 1. The third-order valence-corrected chi connectivity index (χ3v) is 4.44. The van der Waals surface area contributed by atoms with Gasteiger partial charge in [0.1, 0.15) is 0 Å². The van der Waals surface area contributed by atoms with Crippen molar-refractivity contribution in [3.8, 4) is 6.07 Å². The van der Waals surface area contributed by atoms with Crippen LogP contribution < -0.4 is 5.32 Å². The van der Waals surface area contributed by atoms with Gasteiger partial charge in [-0.15, -0.1) is 11.8 Å². The van der Waals surface area contributed by atoms with Crippen molar-refractivity contribution < 1.29 is 0 Å². The summed E-state index contributed by atoms with van der Waals surface area (Å²) in [6.07, 6.45) is 0. The van der Waals surface area contributed by atoms with Gasteiger partial charge in [0.25, 0.3) is 0 Å². The van der Waals surface area contributed by atoms with Crippen molar-refractivity contribution in [3.63, 3.8) is 0 Å². The second-order valence-electron chi connectivity index (χ2n) is 5.65. The molecule has 0 heterocycles. The number of rotatable bonds is 6. The molecule has 1 N–H and O–H groups in total. The second-order valence-corrected chi connectivity index (χ2v) is 7.30. The summed E-state index contributed by atoms with van der Waals surface area (Å²) < 4.78 is 0. The number of thioether (sulfide) groups is 1. The Balaban J connectivity index is 1.94. The maximum absolute atomic E-state index is 8.93. The van der Waals surface area contributed by atoms with Crippen LogP contribution in [-0.2, 0) is 6.54 Å². The van der Waals surface area contributed by atoms with Crippen LogP contribution in [-0.4, -0.2) is 5.25 Å². The molecule has 22 heavy (non-hydrogen) atoms. The van der Waals surface area contributed by atoms with Crippen molar-refractivity contribution in [2.24, 2.45) is 0 Å². The largest absolute Gasteiger partial charge is 0.306 e. The second kappa shape index (κ2) is 8.03. The molecule has 114 valence electrons. The van der Waals surface area contributed by atoms with E-state index in [0.717, 1.165) is 12.1 Å². The molecule has 0 spiro atoms. The maximum atomic E-state index is 8.93. The minimum atomic E-state index is 0.281. The van der Waals surface area contributed by atoms with Gasteiger partial charge >= 0.3 is 0 Å². The van der Waals surface area contributed by atoms with Gasteiger partial charge < -0.3 is 5.32 Å². The van der Waals surface area contributed by atoms with E-state index in [2.05, 4.69) is 56.4 Å². The predicted molar refractivity (Wildman–Crippen MR) is 93.8 cm³/mol. The van der Waals surface area contributed by atoms with Gasteiger partial charge in [0.15, 0.2) is 0 Å². The first-order valence-corrected chi connectivity index (χ1v) is 8.45. The molecule has 1 atom stereocenters. The van der Waals surface area contributed by atoms with Crippen molar-refractivity contribution in [1.82, 2.24) is 5.32 Å². The highest BCUT2D eigenvalue weighted by Gasteiger charge is 2.06. The van der Waals surface area contributed by atoms with Gasteiger partial charge in [0.2, 0.25) is 0 Å². The summed E-state index contributed by atoms with van der Waals surface area (Å²) in [5.41, 5.74) is 3.13. The molecule has 0 aromatic heterocycles. The summed E-state index contributed by atoms with van der Waals surface area (Å²) in [4.78, 5) is 1.31. The van der Waals surface area contributed by atoms with Crippen LogP contribution in [0.15, 0.2) is 53.4 Å². The SMILES string of the molecule is CC(C)Sc1ccc(C(C)NCc2cccc(C#N)c2)cc1. The van der Waals surface area contributed by atoms with E-state index in [1.807, 2.05) is 36.0 Å². The smallest absolute Gasteiger partial charge is 0.0991 e. The standard InChI is InChI=1S/C19H22N2S/c1-14(2)22-19-9-7-18(8-10-19)15(3)21-13-17-6-4-5-16(11-17)12-20/h4-11,14-15,21H,13H2,1-3H3. The highest BCUT2D eigenvalue weighted by molar-refractivity contribution is 7.99. The normalized spacial score (nSPS) is 12.1.